The van der Waals surface area contributed by atoms with Crippen molar-refractivity contribution in [2.75, 3.05) is 86.8 Å². The highest BCUT2D eigenvalue weighted by molar-refractivity contribution is 6.32. The highest BCUT2D eigenvalue weighted by Gasteiger charge is 2.41. The van der Waals surface area contributed by atoms with Crippen molar-refractivity contribution >= 4 is 40.5 Å². The zero-order chi connectivity index (χ0) is 48.2. The standard InChI is InChI=1S/C31H41ClN6O.C23H28F2N4O2/c32-28-20-26(7-6-25(28)21-33)38-19-14-31(23-38)12-17-37(18-13-31)29-8-9-30(35-34-29)39-27-10-15-36(16-11-27)22-24-4-2-1-3-5-24;1-14(30)28-8-4-20-19(13-28)23(27-26-20)29-7-2-3-16-11-17(15-5-9-31-10-6-15)18(22(24)25)12-21(16)29/h6-9,20,24,27H,1-5,10-19,22-23H2;11-12,15,22H,2-10,13H2,1H3,(H,26,27). The van der Waals surface area contributed by atoms with Crippen LogP contribution < -0.4 is 19.4 Å². The van der Waals surface area contributed by atoms with Crippen molar-refractivity contribution in [1.82, 2.24) is 30.2 Å². The number of fused-ring (bicyclic) bond motifs is 2. The average molecular weight is 980 g/mol. The first-order valence-corrected chi connectivity index (χ1v) is 26.5. The number of aromatic nitrogens is 4. The van der Waals surface area contributed by atoms with Crippen molar-refractivity contribution in [2.45, 2.75) is 128 Å². The van der Waals surface area contributed by atoms with Crippen LogP contribution in [0.25, 0.3) is 0 Å². The van der Waals surface area contributed by atoms with Gasteiger partial charge in [0.15, 0.2) is 11.6 Å². The van der Waals surface area contributed by atoms with Gasteiger partial charge in [0.2, 0.25) is 11.8 Å². The number of H-pyrrole nitrogens is 1. The minimum Gasteiger partial charge on any atom is -0.473 e. The van der Waals surface area contributed by atoms with Crippen LogP contribution in [0.15, 0.2) is 42.5 Å². The molecule has 8 heterocycles. The number of hydrogen-bond donors (Lipinski definition) is 1. The molecule has 0 radical (unpaired) electrons. The summed E-state index contributed by atoms with van der Waals surface area (Å²) in [5, 5.41) is 26.4. The van der Waals surface area contributed by atoms with E-state index in [0.717, 1.165) is 155 Å². The third kappa shape index (κ3) is 10.9. The second-order valence-corrected chi connectivity index (χ2v) is 21.4. The van der Waals surface area contributed by atoms with Crippen molar-refractivity contribution in [3.05, 3.63) is 81.0 Å². The maximum atomic E-state index is 14.1. The molecule has 16 heteroatoms. The molecule has 2 aromatic heterocycles. The summed E-state index contributed by atoms with van der Waals surface area (Å²) in [5.74, 6) is 3.45. The van der Waals surface area contributed by atoms with Gasteiger partial charge in [-0.1, -0.05) is 36.9 Å². The molecule has 1 aliphatic carbocycles. The van der Waals surface area contributed by atoms with Crippen LogP contribution in [0.4, 0.5) is 31.8 Å². The number of halogens is 3. The maximum Gasteiger partial charge on any atom is 0.264 e. The number of aromatic amines is 1. The number of nitrogens with zero attached hydrogens (tertiary/aromatic N) is 9. The molecule has 0 unspecified atom stereocenters. The number of likely N-dealkylation sites (tertiary alicyclic amines) is 1. The summed E-state index contributed by atoms with van der Waals surface area (Å²) in [7, 11) is 0. The number of hydrogen-bond acceptors (Lipinski definition) is 11. The van der Waals surface area contributed by atoms with Gasteiger partial charge in [-0.2, -0.15) is 10.4 Å². The van der Waals surface area contributed by atoms with Gasteiger partial charge in [-0.3, -0.25) is 9.89 Å². The molecule has 4 saturated heterocycles. The van der Waals surface area contributed by atoms with E-state index in [2.05, 4.69) is 52.1 Å². The Bertz CT molecular complexity index is 2470. The number of amides is 1. The number of ether oxygens (including phenoxy) is 2. The number of benzene rings is 2. The number of nitrogens with one attached hydrogen (secondary N) is 1. The lowest BCUT2D eigenvalue weighted by Gasteiger charge is -2.39. The summed E-state index contributed by atoms with van der Waals surface area (Å²) >= 11 is 6.30. The van der Waals surface area contributed by atoms with Gasteiger partial charge in [0.1, 0.15) is 12.2 Å². The van der Waals surface area contributed by atoms with Gasteiger partial charge in [-0.15, -0.1) is 10.2 Å². The molecule has 0 atom stereocenters. The van der Waals surface area contributed by atoms with Gasteiger partial charge in [0, 0.05) is 120 Å². The molecular weight excluding hydrogens is 910 g/mol. The Labute approximate surface area is 416 Å². The molecule has 6 aliphatic heterocycles. The summed E-state index contributed by atoms with van der Waals surface area (Å²) in [6, 6.07) is 15.7. The zero-order valence-corrected chi connectivity index (χ0v) is 41.6. The summed E-state index contributed by atoms with van der Waals surface area (Å²) in [6.45, 7) is 12.4. The molecule has 1 saturated carbocycles. The lowest BCUT2D eigenvalue weighted by Crippen LogP contribution is -2.42. The van der Waals surface area contributed by atoms with E-state index in [1.807, 2.05) is 35.2 Å². The first-order chi connectivity index (χ1) is 34.1. The fraction of sp³-hybridized carbons (Fsp3) is 0.611. The molecule has 1 spiro atoms. The summed E-state index contributed by atoms with van der Waals surface area (Å²) in [5.41, 5.74) is 6.87. The van der Waals surface area contributed by atoms with Crippen molar-refractivity contribution in [3.63, 3.8) is 0 Å². The van der Waals surface area contributed by atoms with Crippen molar-refractivity contribution in [3.8, 4) is 11.9 Å². The van der Waals surface area contributed by atoms with Crippen molar-refractivity contribution in [2.24, 2.45) is 11.3 Å². The molecule has 1 N–H and O–H groups in total. The lowest BCUT2D eigenvalue weighted by atomic mass is 9.78. The number of carbonyl (C=O) groups excluding carboxylic acids is 1. The third-order valence-corrected chi connectivity index (χ3v) is 16.9. The Morgan fingerprint density at radius 3 is 2.37 bits per heavy atom. The summed E-state index contributed by atoms with van der Waals surface area (Å²) in [4.78, 5) is 23.2. The number of aryl methyl sites for hydroxylation is 1. The van der Waals surface area contributed by atoms with Gasteiger partial charge in [-0.25, -0.2) is 8.78 Å². The average Bonchev–Trinajstić information content (AvgIpc) is 4.02. The van der Waals surface area contributed by atoms with E-state index in [4.69, 9.17) is 26.3 Å². The molecule has 0 bridgehead atoms. The summed E-state index contributed by atoms with van der Waals surface area (Å²) < 4.78 is 39.9. The van der Waals surface area contributed by atoms with Crippen LogP contribution in [0.3, 0.4) is 0 Å². The largest absolute Gasteiger partial charge is 0.473 e. The molecule has 7 aliphatic rings. The zero-order valence-electron chi connectivity index (χ0n) is 40.8. The summed E-state index contributed by atoms with van der Waals surface area (Å²) in [6.07, 6.45) is 14.6. The number of anilines is 4. The number of rotatable bonds is 9. The first kappa shape index (κ1) is 48.6. The second-order valence-electron chi connectivity index (χ2n) is 21.0. The third-order valence-electron chi connectivity index (χ3n) is 16.6. The Morgan fingerprint density at radius 1 is 0.900 bits per heavy atom. The van der Waals surface area contributed by atoms with Crippen LogP contribution in [0.2, 0.25) is 5.02 Å². The number of alkyl halides is 2. The van der Waals surface area contributed by atoms with Gasteiger partial charge >= 0.3 is 0 Å². The monoisotopic (exact) mass is 979 g/mol. The normalized spacial score (nSPS) is 21.3. The Hall–Kier alpha value is -5.04. The molecule has 5 fully saturated rings. The smallest absolute Gasteiger partial charge is 0.264 e. The van der Waals surface area contributed by atoms with Gasteiger partial charge < -0.3 is 34.0 Å². The molecule has 13 nitrogen and oxygen atoms in total. The molecule has 70 heavy (non-hydrogen) atoms. The van der Waals surface area contributed by atoms with Gasteiger partial charge in [0.25, 0.3) is 6.43 Å². The highest BCUT2D eigenvalue weighted by Crippen LogP contribution is 2.45. The topological polar surface area (TPSA) is 130 Å². The second kappa shape index (κ2) is 21.8. The van der Waals surface area contributed by atoms with Crippen LogP contribution in [-0.4, -0.2) is 114 Å². The molecular formula is C54H69ClF2N10O3. The van der Waals surface area contributed by atoms with E-state index in [-0.39, 0.29) is 23.5 Å². The molecule has 4 aromatic rings. The van der Waals surface area contributed by atoms with E-state index >= 15 is 0 Å². The Kier molecular flexibility index (Phi) is 15.1. The maximum absolute atomic E-state index is 14.1. The van der Waals surface area contributed by atoms with E-state index in [1.165, 1.54) is 45.1 Å². The SMILES string of the molecule is CC(=O)N1CCc2[nH]nc(N3CCCc4cc(C5CCOCC5)c(C(F)F)cc43)c2C1.N#Cc1ccc(N2CCC3(CCN(c4ccc(OC5CCN(CC6CCCCC6)CC5)nn4)CC3)C2)cc1Cl. The Balaban J connectivity index is 0.000000166. The minimum atomic E-state index is -2.52. The molecule has 374 valence electrons. The first-order valence-electron chi connectivity index (χ1n) is 26.2. The van der Waals surface area contributed by atoms with Gasteiger partial charge in [-0.05, 0) is 129 Å². The minimum absolute atomic E-state index is 0.0398. The van der Waals surface area contributed by atoms with Crippen molar-refractivity contribution in [1.29, 1.82) is 5.26 Å². The molecule has 2 aromatic carbocycles. The van der Waals surface area contributed by atoms with Crippen LogP contribution in [0.1, 0.15) is 136 Å². The van der Waals surface area contributed by atoms with E-state index < -0.39 is 6.43 Å². The lowest BCUT2D eigenvalue weighted by molar-refractivity contribution is -0.129. The van der Waals surface area contributed by atoms with Crippen LogP contribution in [-0.2, 0) is 28.9 Å². The fourth-order valence-electron chi connectivity index (χ4n) is 12.4. The van der Waals surface area contributed by atoms with Crippen LogP contribution in [0, 0.1) is 22.7 Å². The van der Waals surface area contributed by atoms with Crippen molar-refractivity contribution < 1.29 is 23.0 Å². The predicted molar refractivity (Wildman–Crippen MR) is 268 cm³/mol. The highest BCUT2D eigenvalue weighted by atomic mass is 35.5. The van der Waals surface area contributed by atoms with Crippen LogP contribution in [0.5, 0.6) is 5.88 Å². The van der Waals surface area contributed by atoms with Gasteiger partial charge in [0.05, 0.1) is 17.1 Å². The van der Waals surface area contributed by atoms with E-state index in [1.54, 1.807) is 13.0 Å². The fourth-order valence-corrected chi connectivity index (χ4v) is 12.7. The number of piperidine rings is 2. The van der Waals surface area contributed by atoms with E-state index in [9.17, 15) is 13.6 Å². The molecule has 11 rings (SSSR count). The van der Waals surface area contributed by atoms with Crippen LogP contribution >= 0.6 is 11.6 Å². The quantitative estimate of drug-likeness (QED) is 0.172. The number of carbonyl (C=O) groups is 1. The molecule has 1 amide bonds. The Morgan fingerprint density at radius 2 is 1.67 bits per heavy atom. The predicted octanol–water partition coefficient (Wildman–Crippen LogP) is 10.2. The van der Waals surface area contributed by atoms with E-state index in [0.29, 0.717) is 48.2 Å². The number of nitriles is 1.